The normalized spacial score (nSPS) is 27.3. The van der Waals surface area contributed by atoms with E-state index in [0.717, 1.165) is 12.8 Å². The molecule has 122 valence electrons. The van der Waals surface area contributed by atoms with Crippen LogP contribution in [0.25, 0.3) is 0 Å². The first-order chi connectivity index (χ1) is 9.44. The van der Waals surface area contributed by atoms with E-state index < -0.39 is 5.91 Å². The smallest absolute Gasteiger partial charge is 0.237 e. The van der Waals surface area contributed by atoms with E-state index in [9.17, 15) is 9.59 Å². The molecule has 2 unspecified atom stereocenters. The molecule has 2 saturated heterocycles. The highest BCUT2D eigenvalue weighted by Gasteiger charge is 2.34. The zero-order valence-electron chi connectivity index (χ0n) is 13.0. The molecule has 2 rings (SSSR count). The van der Waals surface area contributed by atoms with E-state index in [1.807, 2.05) is 13.8 Å². The van der Waals surface area contributed by atoms with Crippen LogP contribution in [0.15, 0.2) is 0 Å². The summed E-state index contributed by atoms with van der Waals surface area (Å²) < 4.78 is 0. The first-order valence-corrected chi connectivity index (χ1v) is 7.76. The van der Waals surface area contributed by atoms with E-state index >= 15 is 0 Å². The fraction of sp³-hybridized carbons (Fsp3) is 0.867. The molecule has 0 saturated carbocycles. The third-order valence-electron chi connectivity index (χ3n) is 4.32. The van der Waals surface area contributed by atoms with Crippen LogP contribution in [0, 0.1) is 11.8 Å². The second-order valence-corrected chi connectivity index (χ2v) is 6.81. The number of nitrogens with one attached hydrogen (secondary N) is 1. The summed E-state index contributed by atoms with van der Waals surface area (Å²) in [7, 11) is 0. The fourth-order valence-electron chi connectivity index (χ4n) is 3.60. The Hall–Kier alpha value is -0.810. The molecule has 0 radical (unpaired) electrons. The number of hydrogen-bond acceptors (Lipinski definition) is 3. The summed E-state index contributed by atoms with van der Waals surface area (Å²) >= 11 is 0. The summed E-state index contributed by atoms with van der Waals surface area (Å²) in [5.41, 5.74) is 5.25. The molecule has 0 aromatic rings. The fourth-order valence-corrected chi connectivity index (χ4v) is 3.60. The third kappa shape index (κ3) is 5.47. The molecule has 2 bridgehead atoms. The SMILES string of the molecule is CC(C)CN(CC(N)=O)C(=O)CC1CC2CCC(C1)N2.Cl. The monoisotopic (exact) mass is 317 g/mol. The number of nitrogens with two attached hydrogens (primary N) is 1. The highest BCUT2D eigenvalue weighted by atomic mass is 35.5. The van der Waals surface area contributed by atoms with Crippen LogP contribution >= 0.6 is 12.4 Å². The molecule has 0 spiro atoms. The van der Waals surface area contributed by atoms with E-state index in [-0.39, 0.29) is 24.9 Å². The van der Waals surface area contributed by atoms with Crippen molar-refractivity contribution in [3.8, 4) is 0 Å². The van der Waals surface area contributed by atoms with Crippen molar-refractivity contribution < 1.29 is 9.59 Å². The molecule has 2 atom stereocenters. The van der Waals surface area contributed by atoms with Gasteiger partial charge in [-0.15, -0.1) is 12.4 Å². The van der Waals surface area contributed by atoms with Crippen molar-refractivity contribution in [2.24, 2.45) is 17.6 Å². The summed E-state index contributed by atoms with van der Waals surface area (Å²) in [6.45, 7) is 4.76. The van der Waals surface area contributed by atoms with Gasteiger partial charge in [-0.2, -0.15) is 0 Å². The Morgan fingerprint density at radius 2 is 1.81 bits per heavy atom. The largest absolute Gasteiger partial charge is 0.368 e. The second-order valence-electron chi connectivity index (χ2n) is 6.81. The molecule has 0 aliphatic carbocycles. The topological polar surface area (TPSA) is 75.4 Å². The number of carbonyl (C=O) groups is 2. The average Bonchev–Trinajstić information content (AvgIpc) is 2.66. The molecular weight excluding hydrogens is 290 g/mol. The number of primary amides is 1. The molecular formula is C15H28ClN3O2. The van der Waals surface area contributed by atoms with Crippen LogP contribution in [0.5, 0.6) is 0 Å². The maximum absolute atomic E-state index is 12.4. The van der Waals surface area contributed by atoms with Crippen LogP contribution in [0.3, 0.4) is 0 Å². The molecule has 0 aromatic carbocycles. The lowest BCUT2D eigenvalue weighted by Crippen LogP contribution is -2.43. The molecule has 21 heavy (non-hydrogen) atoms. The number of amides is 2. The van der Waals surface area contributed by atoms with Crippen molar-refractivity contribution in [1.29, 1.82) is 0 Å². The van der Waals surface area contributed by atoms with E-state index in [1.54, 1.807) is 4.90 Å². The van der Waals surface area contributed by atoms with E-state index in [0.29, 0.717) is 36.9 Å². The molecule has 0 aromatic heterocycles. The van der Waals surface area contributed by atoms with Gasteiger partial charge in [-0.1, -0.05) is 13.8 Å². The lowest BCUT2D eigenvalue weighted by atomic mass is 9.89. The Bertz CT molecular complexity index is 364. The van der Waals surface area contributed by atoms with Crippen LogP contribution in [0.4, 0.5) is 0 Å². The lowest BCUT2D eigenvalue weighted by molar-refractivity contribution is -0.136. The number of nitrogens with zero attached hydrogens (tertiary/aromatic N) is 1. The molecule has 2 fully saturated rings. The van der Waals surface area contributed by atoms with Crippen molar-refractivity contribution in [1.82, 2.24) is 10.2 Å². The van der Waals surface area contributed by atoms with Crippen LogP contribution in [-0.4, -0.2) is 41.9 Å². The first-order valence-electron chi connectivity index (χ1n) is 7.76. The molecule has 2 aliphatic heterocycles. The minimum Gasteiger partial charge on any atom is -0.368 e. The van der Waals surface area contributed by atoms with Crippen molar-refractivity contribution >= 4 is 24.2 Å². The van der Waals surface area contributed by atoms with E-state index in [1.165, 1.54) is 12.8 Å². The summed E-state index contributed by atoms with van der Waals surface area (Å²) in [6, 6.07) is 1.20. The number of rotatable bonds is 6. The Kier molecular flexibility index (Phi) is 6.94. The van der Waals surface area contributed by atoms with Crippen LogP contribution in [0.2, 0.25) is 0 Å². The zero-order chi connectivity index (χ0) is 14.7. The Labute approximate surface area is 133 Å². The molecule has 2 aliphatic rings. The standard InChI is InChI=1S/C15H27N3O2.ClH/c1-10(2)8-18(9-14(16)19)15(20)7-11-5-12-3-4-13(6-11)17-12;/h10-13,17H,3-9H2,1-2H3,(H2,16,19);1H. The highest BCUT2D eigenvalue weighted by molar-refractivity contribution is 5.85. The number of fused-ring (bicyclic) bond motifs is 2. The van der Waals surface area contributed by atoms with Gasteiger partial charge in [-0.3, -0.25) is 9.59 Å². The van der Waals surface area contributed by atoms with Gasteiger partial charge in [0.1, 0.15) is 0 Å². The van der Waals surface area contributed by atoms with Crippen molar-refractivity contribution in [2.45, 2.75) is 58.0 Å². The summed E-state index contributed by atoms with van der Waals surface area (Å²) in [5.74, 6) is 0.472. The molecule has 5 nitrogen and oxygen atoms in total. The van der Waals surface area contributed by atoms with Crippen LogP contribution in [0.1, 0.15) is 46.0 Å². The Morgan fingerprint density at radius 3 is 2.29 bits per heavy atom. The third-order valence-corrected chi connectivity index (χ3v) is 4.32. The molecule has 2 amide bonds. The maximum atomic E-state index is 12.4. The predicted octanol–water partition coefficient (Wildman–Crippen LogP) is 1.30. The van der Waals surface area contributed by atoms with Gasteiger partial charge in [-0.05, 0) is 37.5 Å². The quantitative estimate of drug-likeness (QED) is 0.775. The van der Waals surface area contributed by atoms with Gasteiger partial charge >= 0.3 is 0 Å². The average molecular weight is 318 g/mol. The van der Waals surface area contributed by atoms with Crippen LogP contribution in [-0.2, 0) is 9.59 Å². The number of hydrogen-bond donors (Lipinski definition) is 2. The minimum absolute atomic E-state index is 0. The zero-order valence-corrected chi connectivity index (χ0v) is 13.8. The lowest BCUT2D eigenvalue weighted by Gasteiger charge is -2.31. The van der Waals surface area contributed by atoms with Crippen molar-refractivity contribution in [2.75, 3.05) is 13.1 Å². The van der Waals surface area contributed by atoms with E-state index in [4.69, 9.17) is 5.73 Å². The van der Waals surface area contributed by atoms with Gasteiger partial charge in [0.25, 0.3) is 0 Å². The number of piperidine rings is 1. The van der Waals surface area contributed by atoms with Gasteiger partial charge < -0.3 is 16.0 Å². The summed E-state index contributed by atoms with van der Waals surface area (Å²) in [6.07, 6.45) is 5.23. The van der Waals surface area contributed by atoms with Gasteiger partial charge in [0.15, 0.2) is 0 Å². The minimum atomic E-state index is -0.426. The Balaban J connectivity index is 0.00000220. The van der Waals surface area contributed by atoms with Gasteiger partial charge in [0.2, 0.25) is 11.8 Å². The summed E-state index contributed by atoms with van der Waals surface area (Å²) in [5, 5.41) is 3.59. The molecule has 3 N–H and O–H groups in total. The predicted molar refractivity (Wildman–Crippen MR) is 85.1 cm³/mol. The number of halogens is 1. The van der Waals surface area contributed by atoms with Crippen molar-refractivity contribution in [3.63, 3.8) is 0 Å². The van der Waals surface area contributed by atoms with E-state index in [2.05, 4.69) is 5.32 Å². The van der Waals surface area contributed by atoms with Gasteiger partial charge in [0.05, 0.1) is 6.54 Å². The molecule has 2 heterocycles. The number of carbonyl (C=O) groups excluding carboxylic acids is 2. The van der Waals surface area contributed by atoms with Crippen LogP contribution < -0.4 is 11.1 Å². The summed E-state index contributed by atoms with van der Waals surface area (Å²) in [4.78, 5) is 25.2. The maximum Gasteiger partial charge on any atom is 0.237 e. The highest BCUT2D eigenvalue weighted by Crippen LogP contribution is 2.33. The second kappa shape index (κ2) is 7.99. The first kappa shape index (κ1) is 18.2. The Morgan fingerprint density at radius 1 is 1.24 bits per heavy atom. The molecule has 6 heteroatoms. The van der Waals surface area contributed by atoms with Gasteiger partial charge in [-0.25, -0.2) is 0 Å². The van der Waals surface area contributed by atoms with Crippen molar-refractivity contribution in [3.05, 3.63) is 0 Å². The van der Waals surface area contributed by atoms with Gasteiger partial charge in [0, 0.05) is 25.0 Å².